The van der Waals surface area contributed by atoms with Crippen molar-refractivity contribution in [2.75, 3.05) is 19.7 Å². The summed E-state index contributed by atoms with van der Waals surface area (Å²) >= 11 is 3.48. The lowest BCUT2D eigenvalue weighted by Crippen LogP contribution is -2.56. The number of amides is 1. The molecule has 122 valence electrons. The number of halogens is 2. The Balaban J connectivity index is 0.00000176. The third-order valence-electron chi connectivity index (χ3n) is 4.50. The fourth-order valence-corrected chi connectivity index (χ4v) is 3.69. The maximum absolute atomic E-state index is 12.7. The normalized spacial score (nSPS) is 23.9. The van der Waals surface area contributed by atoms with E-state index >= 15 is 0 Å². The van der Waals surface area contributed by atoms with Crippen molar-refractivity contribution >= 4 is 34.2 Å². The first-order chi connectivity index (χ1) is 10.1. The number of hydrogen-bond donors (Lipinski definition) is 1. The van der Waals surface area contributed by atoms with Crippen LogP contribution < -0.4 is 5.73 Å². The summed E-state index contributed by atoms with van der Waals surface area (Å²) < 4.78 is 6.87. The number of nitrogens with two attached hydrogens (primary N) is 1. The Bertz CT molecular complexity index is 535. The van der Waals surface area contributed by atoms with Crippen LogP contribution in [0.2, 0.25) is 0 Å². The van der Waals surface area contributed by atoms with Crippen LogP contribution in [-0.4, -0.2) is 36.0 Å². The molecule has 1 aromatic rings. The highest BCUT2D eigenvalue weighted by molar-refractivity contribution is 9.10. The minimum atomic E-state index is -0.640. The van der Waals surface area contributed by atoms with Crippen LogP contribution in [0.4, 0.5) is 0 Å². The van der Waals surface area contributed by atoms with E-state index in [1.54, 1.807) is 0 Å². The lowest BCUT2D eigenvalue weighted by molar-refractivity contribution is -0.144. The Morgan fingerprint density at radius 3 is 2.77 bits per heavy atom. The summed E-state index contributed by atoms with van der Waals surface area (Å²) in [7, 11) is 0. The lowest BCUT2D eigenvalue weighted by Gasteiger charge is -2.37. The van der Waals surface area contributed by atoms with E-state index in [1.165, 1.54) is 0 Å². The quantitative estimate of drug-likeness (QED) is 0.846. The SMILES string of the molecule is Cl.NC1(C(=O)N2CCOC(c3cccc(Br)c3)C2)CCCC1. The molecule has 2 N–H and O–H groups in total. The highest BCUT2D eigenvalue weighted by atomic mass is 79.9. The molecular weight excluding hydrogens is 368 g/mol. The van der Waals surface area contributed by atoms with Crippen LogP contribution in [0.3, 0.4) is 0 Å². The molecule has 0 radical (unpaired) electrons. The van der Waals surface area contributed by atoms with Gasteiger partial charge in [0.05, 0.1) is 18.7 Å². The van der Waals surface area contributed by atoms with Crippen molar-refractivity contribution in [3.63, 3.8) is 0 Å². The second-order valence-corrected chi connectivity index (χ2v) is 6.94. The molecule has 1 atom stereocenters. The first-order valence-electron chi connectivity index (χ1n) is 7.54. The van der Waals surface area contributed by atoms with Gasteiger partial charge in [0.1, 0.15) is 6.10 Å². The Labute approximate surface area is 145 Å². The highest BCUT2D eigenvalue weighted by Crippen LogP contribution is 2.31. The zero-order valence-electron chi connectivity index (χ0n) is 12.5. The van der Waals surface area contributed by atoms with E-state index in [9.17, 15) is 4.79 Å². The van der Waals surface area contributed by atoms with E-state index in [2.05, 4.69) is 15.9 Å². The van der Waals surface area contributed by atoms with Gasteiger partial charge in [-0.25, -0.2) is 0 Å². The Morgan fingerprint density at radius 1 is 1.36 bits per heavy atom. The summed E-state index contributed by atoms with van der Waals surface area (Å²) in [6, 6.07) is 8.07. The molecular formula is C16H22BrClN2O2. The van der Waals surface area contributed by atoms with Crippen molar-refractivity contribution < 1.29 is 9.53 Å². The third kappa shape index (κ3) is 3.65. The first-order valence-corrected chi connectivity index (χ1v) is 8.33. The van der Waals surface area contributed by atoms with Crippen LogP contribution in [0.5, 0.6) is 0 Å². The molecule has 1 aliphatic heterocycles. The Hall–Kier alpha value is -0.620. The molecule has 1 amide bonds. The summed E-state index contributed by atoms with van der Waals surface area (Å²) in [6.45, 7) is 1.80. The van der Waals surface area contributed by atoms with E-state index in [0.29, 0.717) is 19.7 Å². The summed E-state index contributed by atoms with van der Waals surface area (Å²) in [5.41, 5.74) is 6.76. The van der Waals surface area contributed by atoms with Gasteiger partial charge in [0, 0.05) is 11.0 Å². The molecule has 0 aromatic heterocycles. The van der Waals surface area contributed by atoms with Crippen molar-refractivity contribution in [3.05, 3.63) is 34.3 Å². The van der Waals surface area contributed by atoms with E-state index in [1.807, 2.05) is 29.2 Å². The van der Waals surface area contributed by atoms with Gasteiger partial charge in [0.15, 0.2) is 0 Å². The van der Waals surface area contributed by atoms with Crippen molar-refractivity contribution in [1.29, 1.82) is 0 Å². The van der Waals surface area contributed by atoms with Gasteiger partial charge in [0.25, 0.3) is 0 Å². The number of morpholine rings is 1. The van der Waals surface area contributed by atoms with Crippen molar-refractivity contribution in [2.24, 2.45) is 5.73 Å². The van der Waals surface area contributed by atoms with Gasteiger partial charge >= 0.3 is 0 Å². The molecule has 1 saturated heterocycles. The second-order valence-electron chi connectivity index (χ2n) is 6.03. The molecule has 2 aliphatic rings. The minimum absolute atomic E-state index is 0. The smallest absolute Gasteiger partial charge is 0.242 e. The molecule has 1 unspecified atom stereocenters. The molecule has 3 rings (SSSR count). The summed E-state index contributed by atoms with van der Waals surface area (Å²) in [6.07, 6.45) is 3.67. The topological polar surface area (TPSA) is 55.6 Å². The average molecular weight is 390 g/mol. The van der Waals surface area contributed by atoms with Gasteiger partial charge < -0.3 is 15.4 Å². The molecule has 0 spiro atoms. The number of benzene rings is 1. The van der Waals surface area contributed by atoms with Gasteiger partial charge in [-0.1, -0.05) is 40.9 Å². The summed E-state index contributed by atoms with van der Waals surface area (Å²) in [4.78, 5) is 14.6. The molecule has 6 heteroatoms. The largest absolute Gasteiger partial charge is 0.370 e. The van der Waals surface area contributed by atoms with Crippen LogP contribution in [0.1, 0.15) is 37.4 Å². The standard InChI is InChI=1S/C16H21BrN2O2.ClH/c17-13-5-3-4-12(10-13)14-11-19(8-9-21-14)15(20)16(18)6-1-2-7-16;/h3-5,10,14H,1-2,6-9,11,18H2;1H. The van der Waals surface area contributed by atoms with E-state index in [4.69, 9.17) is 10.5 Å². The zero-order valence-corrected chi connectivity index (χ0v) is 14.9. The monoisotopic (exact) mass is 388 g/mol. The Kier molecular flexibility index (Phi) is 5.88. The molecule has 1 saturated carbocycles. The number of carbonyl (C=O) groups is 1. The average Bonchev–Trinajstić information content (AvgIpc) is 2.95. The van der Waals surface area contributed by atoms with Gasteiger partial charge in [-0.3, -0.25) is 4.79 Å². The van der Waals surface area contributed by atoms with Gasteiger partial charge in [-0.05, 0) is 30.5 Å². The van der Waals surface area contributed by atoms with Gasteiger partial charge in [-0.15, -0.1) is 12.4 Å². The fraction of sp³-hybridized carbons (Fsp3) is 0.562. The van der Waals surface area contributed by atoms with Crippen molar-refractivity contribution in [3.8, 4) is 0 Å². The molecule has 0 bridgehead atoms. The van der Waals surface area contributed by atoms with E-state index < -0.39 is 5.54 Å². The van der Waals surface area contributed by atoms with Crippen LogP contribution in [0.25, 0.3) is 0 Å². The van der Waals surface area contributed by atoms with E-state index in [0.717, 1.165) is 35.7 Å². The second kappa shape index (κ2) is 7.30. The number of carbonyl (C=O) groups excluding carboxylic acids is 1. The van der Waals surface area contributed by atoms with Crippen molar-refractivity contribution in [1.82, 2.24) is 4.90 Å². The lowest BCUT2D eigenvalue weighted by atomic mass is 9.96. The number of hydrogen-bond acceptors (Lipinski definition) is 3. The van der Waals surface area contributed by atoms with Crippen LogP contribution in [0, 0.1) is 0 Å². The molecule has 22 heavy (non-hydrogen) atoms. The first kappa shape index (κ1) is 17.7. The third-order valence-corrected chi connectivity index (χ3v) is 4.99. The summed E-state index contributed by atoms with van der Waals surface area (Å²) in [5, 5.41) is 0. The molecule has 1 aromatic carbocycles. The minimum Gasteiger partial charge on any atom is -0.370 e. The predicted molar refractivity (Wildman–Crippen MR) is 92.0 cm³/mol. The summed E-state index contributed by atoms with van der Waals surface area (Å²) in [5.74, 6) is 0.100. The molecule has 1 heterocycles. The number of ether oxygens (including phenoxy) is 1. The van der Waals surface area contributed by atoms with E-state index in [-0.39, 0.29) is 24.4 Å². The molecule has 2 fully saturated rings. The van der Waals surface area contributed by atoms with Crippen molar-refractivity contribution in [2.45, 2.75) is 37.3 Å². The maximum Gasteiger partial charge on any atom is 0.242 e. The molecule has 1 aliphatic carbocycles. The molecule has 4 nitrogen and oxygen atoms in total. The number of nitrogens with zero attached hydrogens (tertiary/aromatic N) is 1. The highest BCUT2D eigenvalue weighted by Gasteiger charge is 2.41. The van der Waals surface area contributed by atoms with Gasteiger partial charge in [0.2, 0.25) is 5.91 Å². The zero-order chi connectivity index (χ0) is 14.9. The van der Waals surface area contributed by atoms with Crippen LogP contribution in [-0.2, 0) is 9.53 Å². The fourth-order valence-electron chi connectivity index (χ4n) is 3.28. The van der Waals surface area contributed by atoms with Gasteiger partial charge in [-0.2, -0.15) is 0 Å². The van der Waals surface area contributed by atoms with Crippen LogP contribution in [0.15, 0.2) is 28.7 Å². The predicted octanol–water partition coefficient (Wildman–Crippen LogP) is 3.04. The maximum atomic E-state index is 12.7. The number of rotatable bonds is 2. The Morgan fingerprint density at radius 2 is 2.09 bits per heavy atom. The van der Waals surface area contributed by atoms with Crippen LogP contribution >= 0.6 is 28.3 Å².